The van der Waals surface area contributed by atoms with E-state index in [2.05, 4.69) is 4.74 Å². The SMILES string of the molecule is CCOC(=O)[C@@H]1C(=O)NC(=O)N1C. The molecule has 0 bridgehead atoms. The van der Waals surface area contributed by atoms with Gasteiger partial charge in [-0.15, -0.1) is 0 Å². The minimum atomic E-state index is -1.13. The predicted molar refractivity (Wildman–Crippen MR) is 41.7 cm³/mol. The van der Waals surface area contributed by atoms with Crippen LogP contribution in [-0.4, -0.2) is 42.5 Å². The van der Waals surface area contributed by atoms with Crippen molar-refractivity contribution >= 4 is 17.9 Å². The van der Waals surface area contributed by atoms with Crippen molar-refractivity contribution in [2.75, 3.05) is 13.7 Å². The first-order chi connectivity index (χ1) is 6.07. The summed E-state index contributed by atoms with van der Waals surface area (Å²) < 4.78 is 4.62. The molecule has 1 heterocycles. The number of nitrogens with zero attached hydrogens (tertiary/aromatic N) is 1. The van der Waals surface area contributed by atoms with Crippen LogP contribution in [0.2, 0.25) is 0 Å². The van der Waals surface area contributed by atoms with Crippen molar-refractivity contribution in [3.05, 3.63) is 0 Å². The Hall–Kier alpha value is -1.59. The van der Waals surface area contributed by atoms with E-state index in [1.165, 1.54) is 7.05 Å². The molecule has 13 heavy (non-hydrogen) atoms. The van der Waals surface area contributed by atoms with Crippen molar-refractivity contribution in [1.82, 2.24) is 10.2 Å². The minimum Gasteiger partial charge on any atom is -0.464 e. The van der Waals surface area contributed by atoms with Crippen molar-refractivity contribution < 1.29 is 19.1 Å². The van der Waals surface area contributed by atoms with Crippen molar-refractivity contribution in [3.63, 3.8) is 0 Å². The molecule has 1 rings (SSSR count). The van der Waals surface area contributed by atoms with Gasteiger partial charge in [0.1, 0.15) is 0 Å². The molecule has 0 aromatic heterocycles. The van der Waals surface area contributed by atoms with Gasteiger partial charge >= 0.3 is 12.0 Å². The first-order valence-corrected chi connectivity index (χ1v) is 3.82. The van der Waals surface area contributed by atoms with Crippen LogP contribution in [0, 0.1) is 0 Å². The van der Waals surface area contributed by atoms with Gasteiger partial charge in [0, 0.05) is 7.05 Å². The zero-order chi connectivity index (χ0) is 10.0. The maximum absolute atomic E-state index is 11.1. The molecule has 6 heteroatoms. The van der Waals surface area contributed by atoms with Crippen LogP contribution in [0.1, 0.15) is 6.92 Å². The lowest BCUT2D eigenvalue weighted by atomic mass is 10.3. The molecule has 0 saturated carbocycles. The average Bonchev–Trinajstić information content (AvgIpc) is 2.27. The van der Waals surface area contributed by atoms with Crippen LogP contribution < -0.4 is 5.32 Å². The van der Waals surface area contributed by atoms with E-state index in [1.807, 2.05) is 5.32 Å². The van der Waals surface area contributed by atoms with E-state index in [1.54, 1.807) is 6.92 Å². The fourth-order valence-electron chi connectivity index (χ4n) is 1.04. The highest BCUT2D eigenvalue weighted by molar-refractivity contribution is 6.14. The van der Waals surface area contributed by atoms with Gasteiger partial charge in [-0.1, -0.05) is 0 Å². The van der Waals surface area contributed by atoms with Gasteiger partial charge in [-0.25, -0.2) is 9.59 Å². The Kier molecular flexibility index (Phi) is 2.50. The number of hydrogen-bond donors (Lipinski definition) is 1. The number of nitrogens with one attached hydrogen (secondary N) is 1. The summed E-state index contributed by atoms with van der Waals surface area (Å²) in [5.41, 5.74) is 0. The Morgan fingerprint density at radius 3 is 2.62 bits per heavy atom. The first kappa shape index (κ1) is 9.50. The van der Waals surface area contributed by atoms with Gasteiger partial charge in [-0.05, 0) is 6.92 Å². The zero-order valence-electron chi connectivity index (χ0n) is 7.36. The van der Waals surface area contributed by atoms with Gasteiger partial charge in [0.15, 0.2) is 0 Å². The van der Waals surface area contributed by atoms with Crippen LogP contribution in [0.25, 0.3) is 0 Å². The summed E-state index contributed by atoms with van der Waals surface area (Å²) in [6.45, 7) is 1.82. The molecule has 1 aliphatic heterocycles. The van der Waals surface area contributed by atoms with Gasteiger partial charge < -0.3 is 9.64 Å². The third-order valence-corrected chi connectivity index (χ3v) is 1.70. The van der Waals surface area contributed by atoms with E-state index in [-0.39, 0.29) is 6.61 Å². The van der Waals surface area contributed by atoms with Gasteiger partial charge in [0.05, 0.1) is 6.61 Å². The first-order valence-electron chi connectivity index (χ1n) is 3.82. The molecular weight excluding hydrogens is 176 g/mol. The van der Waals surface area contributed by atoms with Crippen LogP contribution in [-0.2, 0) is 14.3 Å². The number of urea groups is 1. The molecule has 0 aliphatic carbocycles. The molecule has 0 radical (unpaired) electrons. The molecule has 6 nitrogen and oxygen atoms in total. The van der Waals surface area contributed by atoms with Crippen LogP contribution in [0.4, 0.5) is 4.79 Å². The predicted octanol–water partition coefficient (Wildman–Crippen LogP) is -0.900. The summed E-state index contributed by atoms with van der Waals surface area (Å²) >= 11 is 0. The van der Waals surface area contributed by atoms with Gasteiger partial charge in [0.2, 0.25) is 6.04 Å². The third-order valence-electron chi connectivity index (χ3n) is 1.70. The fraction of sp³-hybridized carbons (Fsp3) is 0.571. The summed E-state index contributed by atoms with van der Waals surface area (Å²) in [7, 11) is 1.36. The number of amides is 3. The van der Waals surface area contributed by atoms with Gasteiger partial charge in [0.25, 0.3) is 5.91 Å². The number of carbonyl (C=O) groups excluding carboxylic acids is 3. The fourth-order valence-corrected chi connectivity index (χ4v) is 1.04. The summed E-state index contributed by atoms with van der Waals surface area (Å²) in [4.78, 5) is 34.1. The number of carbonyl (C=O) groups is 3. The largest absolute Gasteiger partial charge is 0.464 e. The van der Waals surface area contributed by atoms with Gasteiger partial charge in [-0.3, -0.25) is 10.1 Å². The van der Waals surface area contributed by atoms with Crippen molar-refractivity contribution in [3.8, 4) is 0 Å². The summed E-state index contributed by atoms with van der Waals surface area (Å²) in [5, 5.41) is 2.00. The van der Waals surface area contributed by atoms with E-state index in [0.29, 0.717) is 0 Å². The lowest BCUT2D eigenvalue weighted by molar-refractivity contribution is -0.150. The van der Waals surface area contributed by atoms with E-state index < -0.39 is 23.9 Å². The van der Waals surface area contributed by atoms with E-state index >= 15 is 0 Å². The molecule has 0 spiro atoms. The number of ether oxygens (including phenoxy) is 1. The van der Waals surface area contributed by atoms with E-state index in [9.17, 15) is 14.4 Å². The van der Waals surface area contributed by atoms with E-state index in [0.717, 1.165) is 4.90 Å². The Labute approximate surface area is 74.8 Å². The molecule has 0 unspecified atom stereocenters. The highest BCUT2D eigenvalue weighted by Gasteiger charge is 2.42. The second kappa shape index (κ2) is 3.42. The van der Waals surface area contributed by atoms with E-state index in [4.69, 9.17) is 0 Å². The molecule has 1 aliphatic rings. The zero-order valence-corrected chi connectivity index (χ0v) is 7.36. The van der Waals surface area contributed by atoms with Gasteiger partial charge in [-0.2, -0.15) is 0 Å². The highest BCUT2D eigenvalue weighted by Crippen LogP contribution is 2.06. The molecule has 1 saturated heterocycles. The summed E-state index contributed by atoms with van der Waals surface area (Å²) in [6.07, 6.45) is 0. The maximum Gasteiger partial charge on any atom is 0.338 e. The second-order valence-corrected chi connectivity index (χ2v) is 2.56. The minimum absolute atomic E-state index is 0.185. The number of rotatable bonds is 2. The third kappa shape index (κ3) is 1.61. The Balaban J connectivity index is 2.74. The molecule has 1 N–H and O–H groups in total. The number of esters is 1. The summed E-state index contributed by atoms with van der Waals surface area (Å²) in [6, 6.07) is -1.71. The molecule has 72 valence electrons. The monoisotopic (exact) mass is 186 g/mol. The normalized spacial score (nSPS) is 21.7. The summed E-state index contributed by atoms with van der Waals surface area (Å²) in [5.74, 6) is -1.33. The molecule has 0 aromatic rings. The number of likely N-dealkylation sites (N-methyl/N-ethyl adjacent to an activating group) is 1. The molecular formula is C7H10N2O4. The molecule has 0 aromatic carbocycles. The average molecular weight is 186 g/mol. The Morgan fingerprint density at radius 2 is 2.23 bits per heavy atom. The second-order valence-electron chi connectivity index (χ2n) is 2.56. The van der Waals surface area contributed by atoms with Crippen molar-refractivity contribution in [2.24, 2.45) is 0 Å². The standard InChI is InChI=1S/C7H10N2O4/c1-3-13-6(11)4-5(10)8-7(12)9(4)2/h4H,3H2,1-2H3,(H,8,10,12)/t4-/m0/s1. The lowest BCUT2D eigenvalue weighted by Gasteiger charge is -2.13. The molecule has 3 amide bonds. The highest BCUT2D eigenvalue weighted by atomic mass is 16.5. The van der Waals surface area contributed by atoms with Crippen LogP contribution in [0.15, 0.2) is 0 Å². The lowest BCUT2D eigenvalue weighted by Crippen LogP contribution is -2.40. The van der Waals surface area contributed by atoms with Crippen LogP contribution in [0.3, 0.4) is 0 Å². The number of hydrogen-bond acceptors (Lipinski definition) is 4. The van der Waals surface area contributed by atoms with Crippen LogP contribution >= 0.6 is 0 Å². The Bertz CT molecular complexity index is 263. The molecule has 1 fully saturated rings. The quantitative estimate of drug-likeness (QED) is 0.344. The maximum atomic E-state index is 11.1. The van der Waals surface area contributed by atoms with Crippen molar-refractivity contribution in [1.29, 1.82) is 0 Å². The number of imide groups is 1. The topological polar surface area (TPSA) is 75.7 Å². The van der Waals surface area contributed by atoms with Crippen molar-refractivity contribution in [2.45, 2.75) is 13.0 Å². The van der Waals surface area contributed by atoms with Crippen LogP contribution in [0.5, 0.6) is 0 Å². The smallest absolute Gasteiger partial charge is 0.338 e. The molecule has 1 atom stereocenters. The Morgan fingerprint density at radius 1 is 1.62 bits per heavy atom.